The average Bonchev–Trinajstić information content (AvgIpc) is 2.86. The Kier molecular flexibility index (Phi) is 15.4. The maximum absolute atomic E-state index is 13.3. The summed E-state index contributed by atoms with van der Waals surface area (Å²) in [5, 5.41) is 27.1. The highest BCUT2D eigenvalue weighted by Gasteiger charge is 2.30. The van der Waals surface area contributed by atoms with Crippen LogP contribution in [0.5, 0.6) is 5.75 Å². The predicted octanol–water partition coefficient (Wildman–Crippen LogP) is 0.729. The number of phenolic OH excluding ortho intramolecular Hbond substituents is 1. The molecule has 0 aromatic heterocycles. The topological polar surface area (TPSA) is 197 Å². The Morgan fingerprint density at radius 2 is 1.47 bits per heavy atom. The number of carbonyl (C=O) groups excluding carboxylic acids is 3. The number of phenols is 1. The third kappa shape index (κ3) is 12.6. The standard InChI is InChI=1S/C26H43N5O6S/c1-16(2)14-22(26(36)37)31-25(35)21(15-17-7-9-18(32)10-8-17)30-24(34)20(6-4-5-12-27)29-23(33)19(28)11-13-38-3/h7-10,16,19-22,32H,4-6,11-15,27-28H2,1-3H3,(H,29,33)(H,30,34)(H,31,35)(H,36,37). The minimum atomic E-state index is -1.17. The molecule has 3 amide bonds. The van der Waals surface area contributed by atoms with E-state index in [0.717, 1.165) is 0 Å². The first-order valence-corrected chi connectivity index (χ1v) is 14.2. The maximum Gasteiger partial charge on any atom is 0.326 e. The molecule has 11 nitrogen and oxygen atoms in total. The molecule has 1 aromatic carbocycles. The molecule has 0 spiro atoms. The number of thioether (sulfide) groups is 1. The summed E-state index contributed by atoms with van der Waals surface area (Å²) in [5.74, 6) is -2.14. The molecule has 0 saturated carbocycles. The number of benzene rings is 1. The summed E-state index contributed by atoms with van der Waals surface area (Å²) < 4.78 is 0. The van der Waals surface area contributed by atoms with E-state index in [9.17, 15) is 29.4 Å². The molecule has 214 valence electrons. The Labute approximate surface area is 228 Å². The molecule has 1 rings (SSSR count). The Hall–Kier alpha value is -2.83. The molecule has 1 aromatic rings. The summed E-state index contributed by atoms with van der Waals surface area (Å²) in [6.07, 6.45) is 4.12. The molecule has 38 heavy (non-hydrogen) atoms. The first kappa shape index (κ1) is 33.2. The van der Waals surface area contributed by atoms with Crippen molar-refractivity contribution in [2.75, 3.05) is 18.6 Å². The van der Waals surface area contributed by atoms with Crippen LogP contribution in [-0.4, -0.2) is 76.6 Å². The molecule has 0 radical (unpaired) electrons. The highest BCUT2D eigenvalue weighted by molar-refractivity contribution is 7.98. The van der Waals surface area contributed by atoms with Crippen molar-refractivity contribution in [2.24, 2.45) is 17.4 Å². The number of unbranched alkanes of at least 4 members (excludes halogenated alkanes) is 1. The first-order valence-electron chi connectivity index (χ1n) is 12.8. The van der Waals surface area contributed by atoms with E-state index < -0.39 is 47.9 Å². The van der Waals surface area contributed by atoms with Gasteiger partial charge in [0.05, 0.1) is 6.04 Å². The third-order valence-electron chi connectivity index (χ3n) is 5.88. The highest BCUT2D eigenvalue weighted by atomic mass is 32.2. The molecule has 9 N–H and O–H groups in total. The van der Waals surface area contributed by atoms with Gasteiger partial charge in [0, 0.05) is 6.42 Å². The second kappa shape index (κ2) is 17.6. The predicted molar refractivity (Wildman–Crippen MR) is 149 cm³/mol. The van der Waals surface area contributed by atoms with E-state index in [1.807, 2.05) is 20.1 Å². The van der Waals surface area contributed by atoms with Crippen molar-refractivity contribution in [3.05, 3.63) is 29.8 Å². The summed E-state index contributed by atoms with van der Waals surface area (Å²) >= 11 is 1.56. The monoisotopic (exact) mass is 553 g/mol. The van der Waals surface area contributed by atoms with Crippen LogP contribution in [0.4, 0.5) is 0 Å². The fourth-order valence-corrected chi connectivity index (χ4v) is 4.22. The van der Waals surface area contributed by atoms with Crippen molar-refractivity contribution in [1.29, 1.82) is 0 Å². The van der Waals surface area contributed by atoms with Crippen molar-refractivity contribution in [1.82, 2.24) is 16.0 Å². The number of aromatic hydroxyl groups is 1. The SMILES string of the molecule is CSCCC(N)C(=O)NC(CCCCN)C(=O)NC(Cc1ccc(O)cc1)C(=O)NC(CC(C)C)C(=O)O. The molecule has 0 aliphatic carbocycles. The molecule has 0 heterocycles. The zero-order chi connectivity index (χ0) is 28.7. The molecule has 4 unspecified atom stereocenters. The zero-order valence-corrected chi connectivity index (χ0v) is 23.3. The van der Waals surface area contributed by atoms with Crippen molar-refractivity contribution in [2.45, 2.75) is 76.5 Å². The highest BCUT2D eigenvalue weighted by Crippen LogP contribution is 2.13. The summed E-state index contributed by atoms with van der Waals surface area (Å²) in [6, 6.07) is 2.14. The minimum Gasteiger partial charge on any atom is -0.508 e. The Bertz CT molecular complexity index is 899. The lowest BCUT2D eigenvalue weighted by molar-refractivity contribution is -0.142. The van der Waals surface area contributed by atoms with Gasteiger partial charge in [-0.25, -0.2) is 4.79 Å². The number of nitrogens with one attached hydrogen (secondary N) is 3. The smallest absolute Gasteiger partial charge is 0.326 e. The second-order valence-corrected chi connectivity index (χ2v) is 10.7. The Morgan fingerprint density at radius 3 is 2.03 bits per heavy atom. The lowest BCUT2D eigenvalue weighted by atomic mass is 10.0. The van der Waals surface area contributed by atoms with Gasteiger partial charge in [0.15, 0.2) is 0 Å². The van der Waals surface area contributed by atoms with Crippen LogP contribution in [0, 0.1) is 5.92 Å². The normalized spacial score (nSPS) is 14.3. The lowest BCUT2D eigenvalue weighted by Crippen LogP contribution is -2.57. The van der Waals surface area contributed by atoms with Crippen molar-refractivity contribution >= 4 is 35.5 Å². The number of carboxylic acid groups (broad SMARTS) is 1. The number of hydrogen-bond donors (Lipinski definition) is 7. The van der Waals surface area contributed by atoms with E-state index in [1.165, 1.54) is 12.1 Å². The number of carbonyl (C=O) groups is 4. The van der Waals surface area contributed by atoms with E-state index in [-0.39, 0.29) is 24.5 Å². The van der Waals surface area contributed by atoms with Crippen molar-refractivity contribution in [3.63, 3.8) is 0 Å². The van der Waals surface area contributed by atoms with Crippen molar-refractivity contribution < 1.29 is 29.4 Å². The fourth-order valence-electron chi connectivity index (χ4n) is 3.73. The lowest BCUT2D eigenvalue weighted by Gasteiger charge is -2.26. The van der Waals surface area contributed by atoms with Crippen LogP contribution in [0.3, 0.4) is 0 Å². The van der Waals surface area contributed by atoms with E-state index in [2.05, 4.69) is 16.0 Å². The number of carboxylic acids is 1. The average molecular weight is 554 g/mol. The Morgan fingerprint density at radius 1 is 0.895 bits per heavy atom. The van der Waals surface area contributed by atoms with Gasteiger partial charge in [-0.2, -0.15) is 11.8 Å². The van der Waals surface area contributed by atoms with Crippen LogP contribution < -0.4 is 27.4 Å². The van der Waals surface area contributed by atoms with Gasteiger partial charge in [-0.3, -0.25) is 14.4 Å². The molecule has 12 heteroatoms. The van der Waals surface area contributed by atoms with Crippen LogP contribution in [0.15, 0.2) is 24.3 Å². The van der Waals surface area contributed by atoms with Gasteiger partial charge in [-0.05, 0) is 74.3 Å². The molecule has 0 aliphatic rings. The van der Waals surface area contributed by atoms with E-state index >= 15 is 0 Å². The molecular formula is C26H43N5O6S. The van der Waals surface area contributed by atoms with Gasteiger partial charge >= 0.3 is 5.97 Å². The zero-order valence-electron chi connectivity index (χ0n) is 22.4. The van der Waals surface area contributed by atoms with Crippen LogP contribution in [0.1, 0.15) is 51.5 Å². The molecule has 4 atom stereocenters. The van der Waals surface area contributed by atoms with Gasteiger partial charge in [0.2, 0.25) is 17.7 Å². The van der Waals surface area contributed by atoms with Gasteiger partial charge in [-0.15, -0.1) is 0 Å². The van der Waals surface area contributed by atoms with Gasteiger partial charge in [0.1, 0.15) is 23.9 Å². The summed E-state index contributed by atoms with van der Waals surface area (Å²) in [6.45, 7) is 4.11. The minimum absolute atomic E-state index is 0.0130. The van der Waals surface area contributed by atoms with Gasteiger partial charge in [0.25, 0.3) is 0 Å². The largest absolute Gasteiger partial charge is 0.508 e. The van der Waals surface area contributed by atoms with Crippen LogP contribution >= 0.6 is 11.8 Å². The third-order valence-corrected chi connectivity index (χ3v) is 6.52. The number of rotatable bonds is 18. The molecule has 0 saturated heterocycles. The van der Waals surface area contributed by atoms with Crippen molar-refractivity contribution in [3.8, 4) is 5.75 Å². The van der Waals surface area contributed by atoms with Crippen LogP contribution in [0.25, 0.3) is 0 Å². The van der Waals surface area contributed by atoms with Gasteiger partial charge < -0.3 is 37.6 Å². The Balaban J connectivity index is 3.13. The summed E-state index contributed by atoms with van der Waals surface area (Å²) in [5.41, 5.74) is 12.2. The summed E-state index contributed by atoms with van der Waals surface area (Å²) in [7, 11) is 0. The first-order chi connectivity index (χ1) is 18.0. The van der Waals surface area contributed by atoms with Gasteiger partial charge in [-0.1, -0.05) is 26.0 Å². The van der Waals surface area contributed by atoms with E-state index in [4.69, 9.17) is 11.5 Å². The number of nitrogens with two attached hydrogens (primary N) is 2. The van der Waals surface area contributed by atoms with Crippen LogP contribution in [-0.2, 0) is 25.6 Å². The fraction of sp³-hybridized carbons (Fsp3) is 0.615. The maximum atomic E-state index is 13.3. The number of aliphatic carboxylic acids is 1. The summed E-state index contributed by atoms with van der Waals surface area (Å²) in [4.78, 5) is 50.9. The molecule has 0 aliphatic heterocycles. The second-order valence-electron chi connectivity index (χ2n) is 9.69. The molecular weight excluding hydrogens is 510 g/mol. The quantitative estimate of drug-likeness (QED) is 0.128. The van der Waals surface area contributed by atoms with E-state index in [1.54, 1.807) is 23.9 Å². The van der Waals surface area contributed by atoms with E-state index in [0.29, 0.717) is 43.5 Å². The molecule has 0 bridgehead atoms. The number of amides is 3. The number of hydrogen-bond acceptors (Lipinski definition) is 8. The molecule has 0 fully saturated rings. The van der Waals surface area contributed by atoms with Crippen LogP contribution in [0.2, 0.25) is 0 Å².